The monoisotopic (exact) mass is 346 g/mol. The summed E-state index contributed by atoms with van der Waals surface area (Å²) in [6.07, 6.45) is 2.01. The Labute approximate surface area is 148 Å². The molecular formula is C19H26N2O4. The van der Waals surface area contributed by atoms with Crippen LogP contribution >= 0.6 is 0 Å². The van der Waals surface area contributed by atoms with Crippen molar-refractivity contribution in [2.24, 2.45) is 0 Å². The summed E-state index contributed by atoms with van der Waals surface area (Å²) in [7, 11) is 0. The second-order valence-corrected chi connectivity index (χ2v) is 6.71. The lowest BCUT2D eigenvalue weighted by molar-refractivity contribution is -0.134. The van der Waals surface area contributed by atoms with E-state index in [0.717, 1.165) is 12.8 Å². The number of hydrogen-bond acceptors (Lipinski definition) is 4. The molecule has 2 amide bonds. The first-order valence-corrected chi connectivity index (χ1v) is 8.75. The molecule has 0 radical (unpaired) electrons. The van der Waals surface area contributed by atoms with Crippen molar-refractivity contribution in [1.82, 2.24) is 5.32 Å². The van der Waals surface area contributed by atoms with Crippen molar-refractivity contribution in [1.29, 1.82) is 0 Å². The lowest BCUT2D eigenvalue weighted by atomic mass is 10.0. The highest BCUT2D eigenvalue weighted by Gasteiger charge is 2.41. The van der Waals surface area contributed by atoms with Crippen molar-refractivity contribution in [3.63, 3.8) is 0 Å². The predicted molar refractivity (Wildman–Crippen MR) is 96.0 cm³/mol. The van der Waals surface area contributed by atoms with Gasteiger partial charge in [0.1, 0.15) is 12.3 Å². The van der Waals surface area contributed by atoms with Gasteiger partial charge >= 0.3 is 0 Å². The Kier molecular flexibility index (Phi) is 5.82. The van der Waals surface area contributed by atoms with E-state index in [1.807, 2.05) is 13.8 Å². The molecule has 1 aliphatic rings. The number of fused-ring (bicyclic) bond motifs is 1. The number of ketones is 1. The lowest BCUT2D eigenvalue weighted by Gasteiger charge is -2.38. The summed E-state index contributed by atoms with van der Waals surface area (Å²) in [5.74, 6) is -0.0187. The van der Waals surface area contributed by atoms with Gasteiger partial charge in [0.25, 0.3) is 5.91 Å². The molecule has 136 valence electrons. The average molecular weight is 346 g/mol. The van der Waals surface area contributed by atoms with Gasteiger partial charge in [-0.1, -0.05) is 13.8 Å². The van der Waals surface area contributed by atoms with E-state index in [9.17, 15) is 14.4 Å². The molecule has 1 heterocycles. The molecule has 0 saturated heterocycles. The van der Waals surface area contributed by atoms with E-state index in [1.165, 1.54) is 4.90 Å². The molecule has 0 fully saturated rings. The molecule has 0 saturated carbocycles. The normalized spacial score (nSPS) is 15.4. The fraction of sp³-hybridized carbons (Fsp3) is 0.526. The Morgan fingerprint density at radius 2 is 1.92 bits per heavy atom. The number of hydrogen-bond donors (Lipinski definition) is 1. The maximum atomic E-state index is 12.8. The quantitative estimate of drug-likeness (QED) is 0.770. The molecule has 1 aromatic carbocycles. The summed E-state index contributed by atoms with van der Waals surface area (Å²) in [4.78, 5) is 38.5. The van der Waals surface area contributed by atoms with Crippen LogP contribution in [0, 0.1) is 0 Å². The molecule has 0 unspecified atom stereocenters. The minimum Gasteiger partial charge on any atom is -0.476 e. The third kappa shape index (κ3) is 4.18. The molecule has 0 bridgehead atoms. The average Bonchev–Trinajstić information content (AvgIpc) is 2.56. The zero-order chi connectivity index (χ0) is 18.6. The van der Waals surface area contributed by atoms with Crippen molar-refractivity contribution in [2.45, 2.75) is 52.6 Å². The molecular weight excluding hydrogens is 320 g/mol. The second-order valence-electron chi connectivity index (χ2n) is 6.71. The first-order chi connectivity index (χ1) is 11.8. The minimum absolute atomic E-state index is 0.0120. The van der Waals surface area contributed by atoms with Crippen molar-refractivity contribution < 1.29 is 19.1 Å². The topological polar surface area (TPSA) is 75.7 Å². The van der Waals surface area contributed by atoms with Gasteiger partial charge in [0, 0.05) is 18.5 Å². The van der Waals surface area contributed by atoms with E-state index in [1.54, 1.807) is 32.0 Å². The Morgan fingerprint density at radius 3 is 2.56 bits per heavy atom. The molecule has 6 nitrogen and oxygen atoms in total. The van der Waals surface area contributed by atoms with Crippen LogP contribution < -0.4 is 15.0 Å². The van der Waals surface area contributed by atoms with Gasteiger partial charge in [0.05, 0.1) is 5.69 Å². The third-order valence-electron chi connectivity index (χ3n) is 4.05. The summed E-state index contributed by atoms with van der Waals surface area (Å²) in [5.41, 5.74) is -0.0684. The van der Waals surface area contributed by atoms with E-state index >= 15 is 0 Å². The molecule has 1 aliphatic heterocycles. The smallest absolute Gasteiger partial charge is 0.271 e. The molecule has 1 N–H and O–H groups in total. The minimum atomic E-state index is -1.06. The molecule has 1 aromatic rings. The number of benzene rings is 1. The van der Waals surface area contributed by atoms with Gasteiger partial charge in [-0.2, -0.15) is 0 Å². The van der Waals surface area contributed by atoms with Crippen molar-refractivity contribution in [3.8, 4) is 5.75 Å². The number of rotatable bonds is 7. The standard InChI is InChI=1S/C19H26N2O4/c1-5-7-15(22)13-8-9-16-14(11-13)21(12-17(23)20-10-6-2)18(24)19(3,4)25-16/h8-9,11H,5-7,10,12H2,1-4H3,(H,20,23). The van der Waals surface area contributed by atoms with Gasteiger partial charge in [0.2, 0.25) is 5.91 Å². The van der Waals surface area contributed by atoms with Crippen LogP contribution in [0.4, 0.5) is 5.69 Å². The number of carbonyl (C=O) groups is 3. The number of anilines is 1. The van der Waals surface area contributed by atoms with Crippen LogP contribution in [-0.2, 0) is 9.59 Å². The van der Waals surface area contributed by atoms with E-state index in [-0.39, 0.29) is 24.1 Å². The maximum absolute atomic E-state index is 12.8. The fourth-order valence-electron chi connectivity index (χ4n) is 2.73. The summed E-state index contributed by atoms with van der Waals surface area (Å²) in [6.45, 7) is 7.71. The summed E-state index contributed by atoms with van der Waals surface area (Å²) in [6, 6.07) is 5.05. The molecule has 0 atom stereocenters. The highest BCUT2D eigenvalue weighted by molar-refractivity contribution is 6.07. The van der Waals surface area contributed by atoms with Crippen LogP contribution in [0.1, 0.15) is 57.3 Å². The van der Waals surface area contributed by atoms with Gasteiger partial charge in [-0.25, -0.2) is 0 Å². The molecule has 2 rings (SSSR count). The number of amides is 2. The number of carbonyl (C=O) groups excluding carboxylic acids is 3. The largest absolute Gasteiger partial charge is 0.476 e. The lowest BCUT2D eigenvalue weighted by Crippen LogP contribution is -2.55. The van der Waals surface area contributed by atoms with Gasteiger partial charge in [-0.05, 0) is 44.9 Å². The molecule has 25 heavy (non-hydrogen) atoms. The molecule has 0 spiro atoms. The van der Waals surface area contributed by atoms with E-state index in [0.29, 0.717) is 30.0 Å². The number of nitrogens with one attached hydrogen (secondary N) is 1. The van der Waals surface area contributed by atoms with E-state index in [4.69, 9.17) is 4.74 Å². The molecule has 6 heteroatoms. The van der Waals surface area contributed by atoms with Gasteiger partial charge < -0.3 is 10.1 Å². The van der Waals surface area contributed by atoms with Crippen LogP contribution in [0.15, 0.2) is 18.2 Å². The summed E-state index contributed by atoms with van der Waals surface area (Å²) < 4.78 is 5.79. The van der Waals surface area contributed by atoms with Crippen molar-refractivity contribution >= 4 is 23.3 Å². The number of nitrogens with zero attached hydrogens (tertiary/aromatic N) is 1. The Hall–Kier alpha value is -2.37. The summed E-state index contributed by atoms with van der Waals surface area (Å²) in [5, 5.41) is 2.78. The zero-order valence-electron chi connectivity index (χ0n) is 15.3. The maximum Gasteiger partial charge on any atom is 0.271 e. The van der Waals surface area contributed by atoms with Crippen molar-refractivity contribution in [3.05, 3.63) is 23.8 Å². The predicted octanol–water partition coefficient (Wildman–Crippen LogP) is 2.70. The highest BCUT2D eigenvalue weighted by Crippen LogP contribution is 2.38. The van der Waals surface area contributed by atoms with Crippen LogP contribution in [0.3, 0.4) is 0 Å². The SMILES string of the molecule is CCCNC(=O)CN1C(=O)C(C)(C)Oc2ccc(C(=O)CCC)cc21. The summed E-state index contributed by atoms with van der Waals surface area (Å²) >= 11 is 0. The number of Topliss-reactive ketones (excluding diaryl/α,β-unsaturated/α-hetero) is 1. The van der Waals surface area contributed by atoms with Crippen molar-refractivity contribution in [2.75, 3.05) is 18.0 Å². The molecule has 0 aliphatic carbocycles. The fourth-order valence-corrected chi connectivity index (χ4v) is 2.73. The van der Waals surface area contributed by atoms with Crippen LogP contribution in [0.25, 0.3) is 0 Å². The van der Waals surface area contributed by atoms with E-state index < -0.39 is 5.60 Å². The Balaban J connectivity index is 2.37. The Morgan fingerprint density at radius 1 is 1.20 bits per heavy atom. The first kappa shape index (κ1) is 19.0. The second kappa shape index (κ2) is 7.68. The van der Waals surface area contributed by atoms with Crippen LogP contribution in [0.2, 0.25) is 0 Å². The van der Waals surface area contributed by atoms with Crippen LogP contribution in [-0.4, -0.2) is 36.3 Å². The highest BCUT2D eigenvalue weighted by atomic mass is 16.5. The Bertz CT molecular complexity index is 682. The van der Waals surface area contributed by atoms with Gasteiger partial charge in [0.15, 0.2) is 11.4 Å². The van der Waals surface area contributed by atoms with Gasteiger partial charge in [-0.3, -0.25) is 19.3 Å². The zero-order valence-corrected chi connectivity index (χ0v) is 15.3. The van der Waals surface area contributed by atoms with E-state index in [2.05, 4.69) is 5.32 Å². The first-order valence-electron chi connectivity index (χ1n) is 8.75. The van der Waals surface area contributed by atoms with Crippen LogP contribution in [0.5, 0.6) is 5.75 Å². The third-order valence-corrected chi connectivity index (χ3v) is 4.05. The molecule has 0 aromatic heterocycles. The van der Waals surface area contributed by atoms with Gasteiger partial charge in [-0.15, -0.1) is 0 Å². The number of ether oxygens (including phenoxy) is 1.